The molecule has 1 aliphatic carbocycles. The Morgan fingerprint density at radius 1 is 1.58 bits per heavy atom. The van der Waals surface area contributed by atoms with Gasteiger partial charge in [0.15, 0.2) is 0 Å². The molecule has 1 aliphatic rings. The Morgan fingerprint density at radius 2 is 2.32 bits per heavy atom. The van der Waals surface area contributed by atoms with E-state index in [1.165, 1.54) is 6.07 Å². The van der Waals surface area contributed by atoms with Gasteiger partial charge in [0.25, 0.3) is 0 Å². The predicted molar refractivity (Wildman–Crippen MR) is 70.0 cm³/mol. The minimum atomic E-state index is -0.320. The molecule has 2 aromatic rings. The summed E-state index contributed by atoms with van der Waals surface area (Å²) in [4.78, 5) is 15.9. The summed E-state index contributed by atoms with van der Waals surface area (Å²) in [6.07, 6.45) is 2.08. The Balaban J connectivity index is 1.94. The molecule has 0 saturated heterocycles. The quantitative estimate of drug-likeness (QED) is 0.876. The Kier molecular flexibility index (Phi) is 2.66. The molecule has 0 unspecified atom stereocenters. The fourth-order valence-electron chi connectivity index (χ4n) is 2.08. The summed E-state index contributed by atoms with van der Waals surface area (Å²) >= 11 is 0. The summed E-state index contributed by atoms with van der Waals surface area (Å²) in [7, 11) is 0. The lowest BCUT2D eigenvalue weighted by atomic mass is 10.2. The van der Waals surface area contributed by atoms with Gasteiger partial charge >= 0.3 is 0 Å². The van der Waals surface area contributed by atoms with Gasteiger partial charge in [0.1, 0.15) is 12.4 Å². The summed E-state index contributed by atoms with van der Waals surface area (Å²) in [5, 5.41) is 2.89. The van der Waals surface area contributed by atoms with Crippen molar-refractivity contribution in [1.29, 1.82) is 0 Å². The van der Waals surface area contributed by atoms with E-state index in [9.17, 15) is 9.18 Å². The van der Waals surface area contributed by atoms with E-state index < -0.39 is 0 Å². The molecule has 5 nitrogen and oxygen atoms in total. The highest BCUT2D eigenvalue weighted by atomic mass is 19.1. The second kappa shape index (κ2) is 4.22. The van der Waals surface area contributed by atoms with Gasteiger partial charge in [0, 0.05) is 12.1 Å². The van der Waals surface area contributed by atoms with E-state index in [2.05, 4.69) is 10.3 Å². The van der Waals surface area contributed by atoms with Gasteiger partial charge in [0.2, 0.25) is 11.9 Å². The number of imidazole rings is 1. The van der Waals surface area contributed by atoms with Crippen molar-refractivity contribution >= 4 is 22.9 Å². The number of fused-ring (bicyclic) bond motifs is 1. The monoisotopic (exact) mass is 262 g/mol. The lowest BCUT2D eigenvalue weighted by Crippen LogP contribution is -2.29. The molecule has 3 N–H and O–H groups in total. The summed E-state index contributed by atoms with van der Waals surface area (Å²) in [5.41, 5.74) is 7.46. The highest BCUT2D eigenvalue weighted by Gasteiger charge is 2.24. The summed E-state index contributed by atoms with van der Waals surface area (Å²) in [5.74, 6) is -0.180. The molecule has 0 atom stereocenters. The summed E-state index contributed by atoms with van der Waals surface area (Å²) in [6.45, 7) is 1.79. The molecule has 3 rings (SSSR count). The van der Waals surface area contributed by atoms with Gasteiger partial charge in [-0.15, -0.1) is 0 Å². The average molecular weight is 262 g/mol. The minimum Gasteiger partial charge on any atom is -0.369 e. The first kappa shape index (κ1) is 12.0. The molecule has 1 aromatic heterocycles. The fourth-order valence-corrected chi connectivity index (χ4v) is 2.08. The van der Waals surface area contributed by atoms with Crippen LogP contribution in [0.15, 0.2) is 12.1 Å². The number of anilines is 1. The first-order valence-corrected chi connectivity index (χ1v) is 6.26. The van der Waals surface area contributed by atoms with E-state index in [1.807, 2.05) is 0 Å². The molecule has 1 saturated carbocycles. The van der Waals surface area contributed by atoms with Crippen LogP contribution in [0.25, 0.3) is 11.0 Å². The zero-order valence-corrected chi connectivity index (χ0v) is 10.6. The molecule has 0 spiro atoms. The van der Waals surface area contributed by atoms with Crippen LogP contribution in [0.5, 0.6) is 0 Å². The first-order valence-electron chi connectivity index (χ1n) is 6.26. The van der Waals surface area contributed by atoms with Crippen LogP contribution in [0.4, 0.5) is 10.3 Å². The highest BCUT2D eigenvalue weighted by Crippen LogP contribution is 2.22. The Hall–Kier alpha value is -2.11. The zero-order valence-electron chi connectivity index (χ0n) is 10.6. The Labute approximate surface area is 109 Å². The van der Waals surface area contributed by atoms with E-state index in [1.54, 1.807) is 17.6 Å². The number of nitrogens with one attached hydrogen (secondary N) is 1. The molecular formula is C13H15FN4O. The maximum Gasteiger partial charge on any atom is 0.240 e. The van der Waals surface area contributed by atoms with Gasteiger partial charge in [-0.25, -0.2) is 9.37 Å². The normalized spacial score (nSPS) is 14.8. The second-order valence-corrected chi connectivity index (χ2v) is 4.99. The van der Waals surface area contributed by atoms with Crippen LogP contribution in [0.2, 0.25) is 0 Å². The molecule has 100 valence electrons. The summed E-state index contributed by atoms with van der Waals surface area (Å²) in [6, 6.07) is 3.32. The van der Waals surface area contributed by atoms with Gasteiger partial charge in [-0.2, -0.15) is 0 Å². The number of halogens is 1. The predicted octanol–water partition coefficient (Wildman–Crippen LogP) is 1.34. The molecule has 6 heteroatoms. The van der Waals surface area contributed by atoms with Crippen molar-refractivity contribution in [2.24, 2.45) is 0 Å². The van der Waals surface area contributed by atoms with Crippen molar-refractivity contribution in [1.82, 2.24) is 14.9 Å². The number of carbonyl (C=O) groups is 1. The van der Waals surface area contributed by atoms with Crippen molar-refractivity contribution < 1.29 is 9.18 Å². The zero-order chi connectivity index (χ0) is 13.6. The number of hydrogen-bond acceptors (Lipinski definition) is 3. The summed E-state index contributed by atoms with van der Waals surface area (Å²) < 4.78 is 15.1. The molecule has 1 amide bonds. The lowest BCUT2D eigenvalue weighted by molar-refractivity contribution is -0.121. The third-order valence-electron chi connectivity index (χ3n) is 3.30. The number of hydrogen-bond donors (Lipinski definition) is 2. The Bertz CT molecular complexity index is 660. The number of rotatable bonds is 3. The van der Waals surface area contributed by atoms with Crippen LogP contribution >= 0.6 is 0 Å². The Morgan fingerprint density at radius 3 is 3.00 bits per heavy atom. The number of nitrogens with two attached hydrogens (primary N) is 1. The molecule has 1 fully saturated rings. The van der Waals surface area contributed by atoms with Crippen LogP contribution in [-0.2, 0) is 11.3 Å². The van der Waals surface area contributed by atoms with Gasteiger partial charge < -0.3 is 15.6 Å². The number of carbonyl (C=O) groups excluding carboxylic acids is 1. The second-order valence-electron chi connectivity index (χ2n) is 4.99. The third kappa shape index (κ3) is 2.25. The van der Waals surface area contributed by atoms with E-state index in [4.69, 9.17) is 5.73 Å². The third-order valence-corrected chi connectivity index (χ3v) is 3.30. The highest BCUT2D eigenvalue weighted by molar-refractivity contribution is 5.83. The van der Waals surface area contributed by atoms with Crippen molar-refractivity contribution in [2.45, 2.75) is 32.4 Å². The number of benzene rings is 1. The SMILES string of the molecule is Cc1cc2c(cc1F)nc(N)n2CC(=O)NC1CC1. The maximum atomic E-state index is 13.5. The number of aromatic nitrogens is 2. The van der Waals surface area contributed by atoms with Gasteiger partial charge in [-0.1, -0.05) is 0 Å². The lowest BCUT2D eigenvalue weighted by Gasteiger charge is -2.07. The molecule has 0 radical (unpaired) electrons. The standard InChI is InChI=1S/C13H15FN4O/c1-7-4-11-10(5-9(7)14)17-13(15)18(11)6-12(19)16-8-2-3-8/h4-5,8H,2-3,6H2,1H3,(H2,15,17)(H,16,19). The largest absolute Gasteiger partial charge is 0.369 e. The molecule has 1 heterocycles. The van der Waals surface area contributed by atoms with Crippen molar-refractivity contribution in [2.75, 3.05) is 5.73 Å². The van der Waals surface area contributed by atoms with E-state index in [0.717, 1.165) is 12.8 Å². The average Bonchev–Trinajstić information content (AvgIpc) is 3.09. The van der Waals surface area contributed by atoms with E-state index in [0.29, 0.717) is 22.6 Å². The molecule has 1 aromatic carbocycles. The van der Waals surface area contributed by atoms with Crippen LogP contribution in [0, 0.1) is 12.7 Å². The number of amides is 1. The van der Waals surface area contributed by atoms with Crippen LogP contribution in [0.1, 0.15) is 18.4 Å². The van der Waals surface area contributed by atoms with E-state index in [-0.39, 0.29) is 24.2 Å². The smallest absolute Gasteiger partial charge is 0.240 e. The molecule has 0 aliphatic heterocycles. The first-order chi connectivity index (χ1) is 9.04. The van der Waals surface area contributed by atoms with Gasteiger partial charge in [-0.3, -0.25) is 4.79 Å². The molecule has 0 bridgehead atoms. The van der Waals surface area contributed by atoms with E-state index >= 15 is 0 Å². The number of nitrogen functional groups attached to an aromatic ring is 1. The molecule has 19 heavy (non-hydrogen) atoms. The van der Waals surface area contributed by atoms with Crippen molar-refractivity contribution in [3.05, 3.63) is 23.5 Å². The minimum absolute atomic E-state index is 0.0875. The molecular weight excluding hydrogens is 247 g/mol. The van der Waals surface area contributed by atoms with Crippen molar-refractivity contribution in [3.8, 4) is 0 Å². The maximum absolute atomic E-state index is 13.5. The van der Waals surface area contributed by atoms with Gasteiger partial charge in [0.05, 0.1) is 11.0 Å². The number of aryl methyl sites for hydroxylation is 1. The van der Waals surface area contributed by atoms with Crippen LogP contribution < -0.4 is 11.1 Å². The van der Waals surface area contributed by atoms with Crippen LogP contribution in [-0.4, -0.2) is 21.5 Å². The van der Waals surface area contributed by atoms with Crippen LogP contribution in [0.3, 0.4) is 0 Å². The number of nitrogens with zero attached hydrogens (tertiary/aromatic N) is 2. The van der Waals surface area contributed by atoms with Crippen molar-refractivity contribution in [3.63, 3.8) is 0 Å². The topological polar surface area (TPSA) is 72.9 Å². The van der Waals surface area contributed by atoms with Gasteiger partial charge in [-0.05, 0) is 31.4 Å². The fraction of sp³-hybridized carbons (Fsp3) is 0.385.